The average molecular weight is 296 g/mol. The smallest absolute Gasteiger partial charge is 0.138 e. The Morgan fingerprint density at radius 1 is 1.30 bits per heavy atom. The van der Waals surface area contributed by atoms with Crippen molar-refractivity contribution in [2.24, 2.45) is 0 Å². The molecule has 4 nitrogen and oxygen atoms in total. The molecule has 1 aromatic heterocycles. The summed E-state index contributed by atoms with van der Waals surface area (Å²) < 4.78 is 0. The molecule has 1 rings (SSSR count). The van der Waals surface area contributed by atoms with E-state index in [0.29, 0.717) is 11.9 Å². The molecule has 5 heteroatoms. The van der Waals surface area contributed by atoms with Crippen LogP contribution in [0.2, 0.25) is 0 Å². The van der Waals surface area contributed by atoms with Gasteiger partial charge in [0.15, 0.2) is 0 Å². The lowest BCUT2D eigenvalue weighted by Crippen LogP contribution is -2.35. The van der Waals surface area contributed by atoms with Gasteiger partial charge in [-0.05, 0) is 19.6 Å². The van der Waals surface area contributed by atoms with Crippen molar-refractivity contribution in [2.45, 2.75) is 52.5 Å². The Balaban J connectivity index is 3.25. The molecule has 0 aliphatic heterocycles. The monoisotopic (exact) mass is 296 g/mol. The Morgan fingerprint density at radius 3 is 2.35 bits per heavy atom. The summed E-state index contributed by atoms with van der Waals surface area (Å²) in [6.07, 6.45) is 3.23. The number of thioether (sulfide) groups is 1. The van der Waals surface area contributed by atoms with Gasteiger partial charge in [0.25, 0.3) is 0 Å². The normalized spacial score (nSPS) is 13.3. The van der Waals surface area contributed by atoms with Gasteiger partial charge in [-0.1, -0.05) is 27.7 Å². The van der Waals surface area contributed by atoms with Gasteiger partial charge in [-0.2, -0.15) is 11.8 Å². The Morgan fingerprint density at radius 2 is 1.90 bits per heavy atom. The van der Waals surface area contributed by atoms with Gasteiger partial charge in [0.05, 0.1) is 0 Å². The van der Waals surface area contributed by atoms with Crippen LogP contribution in [0.25, 0.3) is 0 Å². The molecule has 0 aliphatic carbocycles. The van der Waals surface area contributed by atoms with E-state index in [2.05, 4.69) is 50.9 Å². The SMILES string of the molecule is CCC(CSC)N(C)c1nc(C(C)(C)C)nc(N)c1C. The van der Waals surface area contributed by atoms with Gasteiger partial charge in [-0.3, -0.25) is 0 Å². The van der Waals surface area contributed by atoms with Gasteiger partial charge >= 0.3 is 0 Å². The molecule has 0 amide bonds. The molecular formula is C15H28N4S. The van der Waals surface area contributed by atoms with E-state index in [9.17, 15) is 0 Å². The zero-order chi connectivity index (χ0) is 15.5. The summed E-state index contributed by atoms with van der Waals surface area (Å²) in [5.74, 6) is 3.44. The second-order valence-electron chi connectivity index (χ2n) is 6.26. The second-order valence-corrected chi connectivity index (χ2v) is 7.17. The Kier molecular flexibility index (Phi) is 5.68. The first kappa shape index (κ1) is 17.1. The van der Waals surface area contributed by atoms with Gasteiger partial charge in [0.2, 0.25) is 0 Å². The van der Waals surface area contributed by atoms with E-state index in [0.717, 1.165) is 29.4 Å². The lowest BCUT2D eigenvalue weighted by molar-refractivity contribution is 0.542. The molecule has 0 saturated carbocycles. The van der Waals surface area contributed by atoms with Crippen molar-refractivity contribution in [3.63, 3.8) is 0 Å². The quantitative estimate of drug-likeness (QED) is 0.904. The van der Waals surface area contributed by atoms with Crippen LogP contribution in [0.1, 0.15) is 45.5 Å². The van der Waals surface area contributed by atoms with E-state index in [1.54, 1.807) is 0 Å². The number of nitrogens with zero attached hydrogens (tertiary/aromatic N) is 3. The molecule has 0 aromatic carbocycles. The Hall–Kier alpha value is -0.970. The van der Waals surface area contributed by atoms with E-state index in [1.807, 2.05) is 18.7 Å². The Bertz CT molecular complexity index is 454. The average Bonchev–Trinajstić information content (AvgIpc) is 2.37. The first-order valence-electron chi connectivity index (χ1n) is 7.08. The van der Waals surface area contributed by atoms with Crippen LogP contribution in [0.4, 0.5) is 11.6 Å². The zero-order valence-corrected chi connectivity index (χ0v) is 14.6. The highest BCUT2D eigenvalue weighted by atomic mass is 32.2. The number of rotatable bonds is 5. The number of anilines is 2. The number of nitrogens with two attached hydrogens (primary N) is 1. The lowest BCUT2D eigenvalue weighted by Gasteiger charge is -2.30. The summed E-state index contributed by atoms with van der Waals surface area (Å²) in [4.78, 5) is 11.5. The molecule has 0 fully saturated rings. The van der Waals surface area contributed by atoms with Crippen molar-refractivity contribution in [2.75, 3.05) is 29.7 Å². The predicted octanol–water partition coefficient (Wildman–Crippen LogP) is 3.24. The first-order chi connectivity index (χ1) is 9.22. The van der Waals surface area contributed by atoms with Crippen LogP contribution in [-0.2, 0) is 5.41 Å². The van der Waals surface area contributed by atoms with E-state index in [4.69, 9.17) is 10.7 Å². The molecule has 2 N–H and O–H groups in total. The van der Waals surface area contributed by atoms with Gasteiger partial charge in [-0.25, -0.2) is 9.97 Å². The molecule has 1 atom stereocenters. The number of hydrogen-bond donors (Lipinski definition) is 1. The van der Waals surface area contributed by atoms with Gasteiger partial charge < -0.3 is 10.6 Å². The van der Waals surface area contributed by atoms with Crippen molar-refractivity contribution in [3.05, 3.63) is 11.4 Å². The second kappa shape index (κ2) is 6.66. The maximum Gasteiger partial charge on any atom is 0.138 e. The number of hydrogen-bond acceptors (Lipinski definition) is 5. The summed E-state index contributed by atoms with van der Waals surface area (Å²) in [5, 5.41) is 0. The highest BCUT2D eigenvalue weighted by molar-refractivity contribution is 7.98. The standard InChI is InChI=1S/C15H28N4S/c1-8-11(9-20-7)19(6)13-10(2)12(16)17-14(18-13)15(3,4)5/h11H,8-9H2,1-7H3,(H2,16,17,18). The fourth-order valence-electron chi connectivity index (χ4n) is 2.07. The predicted molar refractivity (Wildman–Crippen MR) is 90.7 cm³/mol. The van der Waals surface area contributed by atoms with E-state index in [-0.39, 0.29) is 5.41 Å². The minimum Gasteiger partial charge on any atom is -0.383 e. The number of nitrogen functional groups attached to an aromatic ring is 1. The molecule has 1 unspecified atom stereocenters. The molecule has 20 heavy (non-hydrogen) atoms. The van der Waals surface area contributed by atoms with Crippen LogP contribution in [0.5, 0.6) is 0 Å². The fraction of sp³-hybridized carbons (Fsp3) is 0.733. The van der Waals surface area contributed by atoms with Gasteiger partial charge in [-0.15, -0.1) is 0 Å². The molecule has 114 valence electrons. The minimum atomic E-state index is -0.0986. The van der Waals surface area contributed by atoms with Crippen LogP contribution in [0.15, 0.2) is 0 Å². The number of aromatic nitrogens is 2. The highest BCUT2D eigenvalue weighted by Gasteiger charge is 2.23. The van der Waals surface area contributed by atoms with Crippen LogP contribution in [0.3, 0.4) is 0 Å². The largest absolute Gasteiger partial charge is 0.383 e. The molecule has 1 aromatic rings. The topological polar surface area (TPSA) is 55.0 Å². The molecule has 1 heterocycles. The summed E-state index contributed by atoms with van der Waals surface area (Å²) in [6, 6.07) is 0.464. The summed E-state index contributed by atoms with van der Waals surface area (Å²) in [5.41, 5.74) is 6.96. The van der Waals surface area contributed by atoms with Crippen molar-refractivity contribution < 1.29 is 0 Å². The van der Waals surface area contributed by atoms with Gasteiger partial charge in [0.1, 0.15) is 17.5 Å². The van der Waals surface area contributed by atoms with E-state index in [1.165, 1.54) is 0 Å². The third-order valence-electron chi connectivity index (χ3n) is 3.54. The Labute approximate surface area is 127 Å². The maximum absolute atomic E-state index is 6.09. The van der Waals surface area contributed by atoms with Crippen molar-refractivity contribution >= 4 is 23.4 Å². The lowest BCUT2D eigenvalue weighted by atomic mass is 9.95. The maximum atomic E-state index is 6.09. The summed E-state index contributed by atoms with van der Waals surface area (Å²) >= 11 is 1.86. The fourth-order valence-corrected chi connectivity index (χ4v) is 2.91. The summed E-state index contributed by atoms with van der Waals surface area (Å²) in [6.45, 7) is 10.5. The van der Waals surface area contributed by atoms with Crippen LogP contribution in [-0.4, -0.2) is 35.1 Å². The van der Waals surface area contributed by atoms with E-state index >= 15 is 0 Å². The highest BCUT2D eigenvalue weighted by Crippen LogP contribution is 2.28. The molecule has 0 spiro atoms. The molecule has 0 bridgehead atoms. The van der Waals surface area contributed by atoms with Crippen LogP contribution >= 0.6 is 11.8 Å². The van der Waals surface area contributed by atoms with Crippen LogP contribution < -0.4 is 10.6 Å². The van der Waals surface area contributed by atoms with Crippen LogP contribution in [0, 0.1) is 6.92 Å². The molecule has 0 radical (unpaired) electrons. The zero-order valence-electron chi connectivity index (χ0n) is 13.8. The molecule has 0 aliphatic rings. The first-order valence-corrected chi connectivity index (χ1v) is 8.48. The molecular weight excluding hydrogens is 268 g/mol. The third kappa shape index (κ3) is 3.78. The van der Waals surface area contributed by atoms with Crippen molar-refractivity contribution in [3.8, 4) is 0 Å². The summed E-state index contributed by atoms with van der Waals surface area (Å²) in [7, 11) is 2.10. The van der Waals surface area contributed by atoms with Gasteiger partial charge in [0, 0.05) is 29.8 Å². The minimum absolute atomic E-state index is 0.0986. The van der Waals surface area contributed by atoms with Crippen molar-refractivity contribution in [1.29, 1.82) is 0 Å². The van der Waals surface area contributed by atoms with E-state index < -0.39 is 0 Å². The molecule has 0 saturated heterocycles. The third-order valence-corrected chi connectivity index (χ3v) is 4.26. The van der Waals surface area contributed by atoms with Crippen molar-refractivity contribution in [1.82, 2.24) is 9.97 Å².